The van der Waals surface area contributed by atoms with Gasteiger partial charge in [0.1, 0.15) is 6.61 Å². The summed E-state index contributed by atoms with van der Waals surface area (Å²) in [5.41, 5.74) is 2.34. The molecule has 0 unspecified atom stereocenters. The van der Waals surface area contributed by atoms with Crippen molar-refractivity contribution in [1.82, 2.24) is 0 Å². The molecule has 0 heterocycles. The number of benzene rings is 3. The minimum atomic E-state index is -0.296. The van der Waals surface area contributed by atoms with E-state index >= 15 is 0 Å². The molecule has 0 saturated heterocycles. The average molecular weight is 463 g/mol. The highest BCUT2D eigenvalue weighted by molar-refractivity contribution is 6.42. The number of rotatable bonds is 7. The number of amides is 1. The first-order chi connectivity index (χ1) is 14.4. The van der Waals surface area contributed by atoms with Gasteiger partial charge in [0, 0.05) is 16.8 Å². The number of hydrogen-bond donors (Lipinski definition) is 1. The van der Waals surface area contributed by atoms with Crippen LogP contribution < -0.4 is 14.8 Å². The van der Waals surface area contributed by atoms with Gasteiger partial charge in [0.2, 0.25) is 5.91 Å². The van der Waals surface area contributed by atoms with Crippen molar-refractivity contribution in [3.8, 4) is 11.5 Å². The highest BCUT2D eigenvalue weighted by Crippen LogP contribution is 2.29. The second kappa shape index (κ2) is 10.4. The van der Waals surface area contributed by atoms with Crippen LogP contribution in [0.4, 0.5) is 5.69 Å². The zero-order valence-electron chi connectivity index (χ0n) is 16.0. The molecule has 3 aromatic rings. The Kier molecular flexibility index (Phi) is 7.63. The van der Waals surface area contributed by atoms with Crippen molar-refractivity contribution in [2.75, 3.05) is 12.4 Å². The first kappa shape index (κ1) is 22.0. The van der Waals surface area contributed by atoms with E-state index in [9.17, 15) is 4.79 Å². The molecule has 0 aliphatic rings. The molecule has 3 rings (SSSR count). The lowest BCUT2D eigenvalue weighted by Gasteiger charge is -2.11. The van der Waals surface area contributed by atoms with E-state index in [1.807, 2.05) is 30.3 Å². The molecule has 0 bridgehead atoms. The maximum atomic E-state index is 12.1. The topological polar surface area (TPSA) is 47.6 Å². The molecule has 0 radical (unpaired) electrons. The summed E-state index contributed by atoms with van der Waals surface area (Å²) in [6, 6.07) is 17.7. The molecule has 1 N–H and O–H groups in total. The van der Waals surface area contributed by atoms with Gasteiger partial charge in [0.15, 0.2) is 11.5 Å². The summed E-state index contributed by atoms with van der Waals surface area (Å²) in [5, 5.41) is 4.20. The molecule has 0 aromatic heterocycles. The smallest absolute Gasteiger partial charge is 0.248 e. The number of methoxy groups -OCH3 is 1. The molecule has 0 atom stereocenters. The van der Waals surface area contributed by atoms with Crippen LogP contribution in [-0.2, 0) is 11.4 Å². The van der Waals surface area contributed by atoms with Crippen molar-refractivity contribution >= 4 is 52.5 Å². The zero-order chi connectivity index (χ0) is 21.5. The zero-order valence-corrected chi connectivity index (χ0v) is 18.3. The van der Waals surface area contributed by atoms with Crippen LogP contribution in [0.1, 0.15) is 11.1 Å². The second-order valence-electron chi connectivity index (χ2n) is 6.28. The van der Waals surface area contributed by atoms with Gasteiger partial charge >= 0.3 is 0 Å². The number of carbonyl (C=O) groups excluding carboxylic acids is 1. The lowest BCUT2D eigenvalue weighted by molar-refractivity contribution is -0.111. The minimum Gasteiger partial charge on any atom is -0.493 e. The van der Waals surface area contributed by atoms with Crippen LogP contribution in [-0.4, -0.2) is 13.0 Å². The van der Waals surface area contributed by atoms with E-state index in [4.69, 9.17) is 44.3 Å². The number of halogens is 3. The summed E-state index contributed by atoms with van der Waals surface area (Å²) in [7, 11) is 1.56. The van der Waals surface area contributed by atoms with Gasteiger partial charge in [-0.3, -0.25) is 4.79 Å². The summed E-state index contributed by atoms with van der Waals surface area (Å²) >= 11 is 17.7. The van der Waals surface area contributed by atoms with Gasteiger partial charge in [0.05, 0.1) is 17.2 Å². The second-order valence-corrected chi connectivity index (χ2v) is 7.53. The Hall–Kier alpha value is -2.66. The van der Waals surface area contributed by atoms with E-state index in [2.05, 4.69) is 5.32 Å². The largest absolute Gasteiger partial charge is 0.493 e. The number of carbonyl (C=O) groups is 1. The van der Waals surface area contributed by atoms with Gasteiger partial charge in [-0.05, 0) is 59.7 Å². The van der Waals surface area contributed by atoms with Crippen LogP contribution in [0.5, 0.6) is 11.5 Å². The van der Waals surface area contributed by atoms with Gasteiger partial charge in [-0.15, -0.1) is 0 Å². The van der Waals surface area contributed by atoms with E-state index in [0.29, 0.717) is 38.9 Å². The molecule has 30 heavy (non-hydrogen) atoms. The molecular formula is C23H18Cl3NO3. The Labute approximate surface area is 190 Å². The highest BCUT2D eigenvalue weighted by Gasteiger charge is 2.06. The molecule has 4 nitrogen and oxygen atoms in total. The van der Waals surface area contributed by atoms with Crippen molar-refractivity contribution < 1.29 is 14.3 Å². The van der Waals surface area contributed by atoms with Gasteiger partial charge in [0.25, 0.3) is 0 Å². The SMILES string of the molecule is COc1cc(C=CC(=O)Nc2ccc(Cl)c(Cl)c2)ccc1OCc1ccc(Cl)cc1. The fourth-order valence-corrected chi connectivity index (χ4v) is 3.00. The van der Waals surface area contributed by atoms with E-state index in [-0.39, 0.29) is 5.91 Å². The molecule has 7 heteroatoms. The van der Waals surface area contributed by atoms with Crippen LogP contribution in [0.3, 0.4) is 0 Å². The first-order valence-corrected chi connectivity index (χ1v) is 10.1. The van der Waals surface area contributed by atoms with Crippen LogP contribution in [0.2, 0.25) is 15.1 Å². The maximum Gasteiger partial charge on any atom is 0.248 e. The Bertz CT molecular complexity index is 1070. The molecule has 0 spiro atoms. The summed E-state index contributed by atoms with van der Waals surface area (Å²) in [6.45, 7) is 0.384. The molecule has 154 valence electrons. The third-order valence-corrected chi connectivity index (χ3v) is 5.10. The van der Waals surface area contributed by atoms with Gasteiger partial charge in [-0.1, -0.05) is 53.0 Å². The number of hydrogen-bond acceptors (Lipinski definition) is 3. The summed E-state index contributed by atoms with van der Waals surface area (Å²) < 4.78 is 11.3. The van der Waals surface area contributed by atoms with Crippen molar-refractivity contribution in [2.45, 2.75) is 6.61 Å². The monoisotopic (exact) mass is 461 g/mol. The standard InChI is InChI=1S/C23H18Cl3NO3/c1-29-22-12-15(4-10-21(22)30-14-16-2-6-17(24)7-3-16)5-11-23(28)27-18-8-9-19(25)20(26)13-18/h2-13H,14H2,1H3,(H,27,28). The molecule has 3 aromatic carbocycles. The van der Waals surface area contributed by atoms with E-state index in [0.717, 1.165) is 11.1 Å². The van der Waals surface area contributed by atoms with Crippen molar-refractivity contribution in [1.29, 1.82) is 0 Å². The molecular weight excluding hydrogens is 445 g/mol. The van der Waals surface area contributed by atoms with Crippen molar-refractivity contribution in [3.05, 3.63) is 92.9 Å². The third kappa shape index (κ3) is 6.17. The lowest BCUT2D eigenvalue weighted by atomic mass is 10.2. The quantitative estimate of drug-likeness (QED) is 0.389. The van der Waals surface area contributed by atoms with E-state index < -0.39 is 0 Å². The number of anilines is 1. The Morgan fingerprint density at radius 1 is 0.933 bits per heavy atom. The normalized spacial score (nSPS) is 10.8. The first-order valence-electron chi connectivity index (χ1n) is 8.94. The van der Waals surface area contributed by atoms with Gasteiger partial charge < -0.3 is 14.8 Å². The lowest BCUT2D eigenvalue weighted by Crippen LogP contribution is -2.07. The number of nitrogens with one attached hydrogen (secondary N) is 1. The highest BCUT2D eigenvalue weighted by atomic mass is 35.5. The molecule has 0 saturated carbocycles. The van der Waals surface area contributed by atoms with Crippen LogP contribution in [0.15, 0.2) is 66.7 Å². The Morgan fingerprint density at radius 3 is 2.40 bits per heavy atom. The molecule has 0 aliphatic carbocycles. The molecule has 0 fully saturated rings. The minimum absolute atomic E-state index is 0.296. The van der Waals surface area contributed by atoms with Crippen molar-refractivity contribution in [3.63, 3.8) is 0 Å². The molecule has 1 amide bonds. The van der Waals surface area contributed by atoms with Crippen LogP contribution >= 0.6 is 34.8 Å². The van der Waals surface area contributed by atoms with E-state index in [1.165, 1.54) is 6.08 Å². The Balaban J connectivity index is 1.63. The average Bonchev–Trinajstić information content (AvgIpc) is 2.74. The maximum absolute atomic E-state index is 12.1. The Morgan fingerprint density at radius 2 is 1.70 bits per heavy atom. The predicted molar refractivity (Wildman–Crippen MR) is 123 cm³/mol. The fourth-order valence-electron chi connectivity index (χ4n) is 2.58. The van der Waals surface area contributed by atoms with Crippen LogP contribution in [0, 0.1) is 0 Å². The predicted octanol–water partition coefficient (Wildman–Crippen LogP) is 6.89. The summed E-state index contributed by atoms with van der Waals surface area (Å²) in [4.78, 5) is 12.1. The fraction of sp³-hybridized carbons (Fsp3) is 0.0870. The summed E-state index contributed by atoms with van der Waals surface area (Å²) in [5.74, 6) is 0.872. The van der Waals surface area contributed by atoms with Crippen LogP contribution in [0.25, 0.3) is 6.08 Å². The van der Waals surface area contributed by atoms with Gasteiger partial charge in [-0.25, -0.2) is 0 Å². The van der Waals surface area contributed by atoms with Gasteiger partial charge in [-0.2, -0.15) is 0 Å². The third-order valence-electron chi connectivity index (χ3n) is 4.11. The van der Waals surface area contributed by atoms with E-state index in [1.54, 1.807) is 43.5 Å². The number of ether oxygens (including phenoxy) is 2. The summed E-state index contributed by atoms with van der Waals surface area (Å²) in [6.07, 6.45) is 3.10. The van der Waals surface area contributed by atoms with Crippen molar-refractivity contribution in [2.24, 2.45) is 0 Å². The molecule has 0 aliphatic heterocycles.